The zero-order valence-electron chi connectivity index (χ0n) is 16.0. The first-order valence-electron chi connectivity index (χ1n) is 8.93. The fourth-order valence-electron chi connectivity index (χ4n) is 2.87. The summed E-state index contributed by atoms with van der Waals surface area (Å²) in [5, 5.41) is 9.41. The number of halogens is 1. The van der Waals surface area contributed by atoms with Gasteiger partial charge in [0.05, 0.1) is 11.4 Å². The van der Waals surface area contributed by atoms with Crippen LogP contribution in [0.5, 0.6) is 11.5 Å². The molecule has 1 aliphatic rings. The molecule has 0 atom stereocenters. The summed E-state index contributed by atoms with van der Waals surface area (Å²) in [7, 11) is 1.78. The fraction of sp³-hybridized carbons (Fsp3) is 0.250. The highest BCUT2D eigenvalue weighted by molar-refractivity contribution is 7.99. The lowest BCUT2D eigenvalue weighted by molar-refractivity contribution is -0.127. The van der Waals surface area contributed by atoms with Crippen molar-refractivity contribution in [2.45, 2.75) is 18.6 Å². The molecule has 0 aliphatic carbocycles. The van der Waals surface area contributed by atoms with Crippen LogP contribution in [0.1, 0.15) is 11.1 Å². The predicted octanol–water partition coefficient (Wildman–Crippen LogP) is 3.71. The molecule has 1 aliphatic heterocycles. The van der Waals surface area contributed by atoms with E-state index in [1.807, 2.05) is 47.9 Å². The van der Waals surface area contributed by atoms with E-state index in [4.69, 9.17) is 21.1 Å². The van der Waals surface area contributed by atoms with Crippen molar-refractivity contribution in [2.75, 3.05) is 19.6 Å². The van der Waals surface area contributed by atoms with E-state index >= 15 is 0 Å². The van der Waals surface area contributed by atoms with Gasteiger partial charge in [-0.3, -0.25) is 9.36 Å². The molecule has 2 heterocycles. The number of benzene rings is 2. The Morgan fingerprint density at radius 3 is 2.90 bits per heavy atom. The smallest absolute Gasteiger partial charge is 0.233 e. The molecule has 0 saturated heterocycles. The number of nitrogens with zero attached hydrogens (tertiary/aromatic N) is 4. The zero-order chi connectivity index (χ0) is 20.4. The van der Waals surface area contributed by atoms with Gasteiger partial charge in [0, 0.05) is 18.6 Å². The van der Waals surface area contributed by atoms with Gasteiger partial charge in [0.25, 0.3) is 0 Å². The summed E-state index contributed by atoms with van der Waals surface area (Å²) in [5.41, 5.74) is 2.83. The van der Waals surface area contributed by atoms with E-state index in [-0.39, 0.29) is 18.5 Å². The number of amides is 1. The van der Waals surface area contributed by atoms with Crippen molar-refractivity contribution in [1.82, 2.24) is 19.7 Å². The van der Waals surface area contributed by atoms with Crippen molar-refractivity contribution in [2.24, 2.45) is 0 Å². The van der Waals surface area contributed by atoms with Crippen LogP contribution >= 0.6 is 23.4 Å². The van der Waals surface area contributed by atoms with Gasteiger partial charge in [-0.1, -0.05) is 35.5 Å². The third kappa shape index (κ3) is 4.33. The van der Waals surface area contributed by atoms with Crippen LogP contribution in [0.15, 0.2) is 47.9 Å². The Hall–Kier alpha value is -2.71. The molecule has 0 radical (unpaired) electrons. The number of fused-ring (bicyclic) bond motifs is 1. The van der Waals surface area contributed by atoms with Crippen LogP contribution in [0, 0.1) is 6.92 Å². The summed E-state index contributed by atoms with van der Waals surface area (Å²) in [6.07, 6.45) is 1.62. The van der Waals surface area contributed by atoms with Crippen molar-refractivity contribution in [1.29, 1.82) is 0 Å². The molecule has 0 bridgehead atoms. The normalized spacial score (nSPS) is 12.2. The predicted molar refractivity (Wildman–Crippen MR) is 111 cm³/mol. The van der Waals surface area contributed by atoms with E-state index in [1.165, 1.54) is 11.8 Å². The minimum absolute atomic E-state index is 0.0100. The second-order valence-corrected chi connectivity index (χ2v) is 7.99. The van der Waals surface area contributed by atoms with Crippen molar-refractivity contribution in [3.05, 3.63) is 58.9 Å². The summed E-state index contributed by atoms with van der Waals surface area (Å²) < 4.78 is 12.5. The average molecular weight is 431 g/mol. The monoisotopic (exact) mass is 430 g/mol. The van der Waals surface area contributed by atoms with Gasteiger partial charge < -0.3 is 14.4 Å². The molecule has 1 aromatic heterocycles. The number of aryl methyl sites for hydroxylation is 1. The van der Waals surface area contributed by atoms with Crippen molar-refractivity contribution in [3.63, 3.8) is 0 Å². The molecule has 9 heteroatoms. The third-order valence-corrected chi connectivity index (χ3v) is 5.89. The average Bonchev–Trinajstić information content (AvgIpc) is 3.37. The molecule has 4 rings (SSSR count). The Balaban J connectivity index is 1.38. The minimum atomic E-state index is -0.0100. The molecule has 29 heavy (non-hydrogen) atoms. The highest BCUT2D eigenvalue weighted by Gasteiger charge is 2.17. The molecule has 1 amide bonds. The topological polar surface area (TPSA) is 69.5 Å². The van der Waals surface area contributed by atoms with E-state index < -0.39 is 0 Å². The van der Waals surface area contributed by atoms with Gasteiger partial charge in [-0.15, -0.1) is 10.2 Å². The van der Waals surface area contributed by atoms with Crippen LogP contribution in [0.25, 0.3) is 5.69 Å². The largest absolute Gasteiger partial charge is 0.454 e. The number of thioether (sulfide) groups is 1. The lowest BCUT2D eigenvalue weighted by Gasteiger charge is -2.17. The SMILES string of the molecule is Cc1ccc(-n2cnnc2SCC(=O)N(C)Cc2ccc3c(c2)OCO3)cc1Cl. The molecule has 0 spiro atoms. The van der Waals surface area contributed by atoms with Crippen molar-refractivity contribution < 1.29 is 14.3 Å². The Labute approximate surface area is 177 Å². The lowest BCUT2D eigenvalue weighted by Crippen LogP contribution is -2.27. The number of carbonyl (C=O) groups excluding carboxylic acids is 1. The Morgan fingerprint density at radius 2 is 2.07 bits per heavy atom. The number of ether oxygens (including phenoxy) is 2. The first-order valence-corrected chi connectivity index (χ1v) is 10.3. The van der Waals surface area contributed by atoms with E-state index in [0.29, 0.717) is 22.5 Å². The summed E-state index contributed by atoms with van der Waals surface area (Å²) in [5.74, 6) is 1.68. The van der Waals surface area contributed by atoms with Gasteiger partial charge >= 0.3 is 0 Å². The lowest BCUT2D eigenvalue weighted by atomic mass is 10.2. The first kappa shape index (κ1) is 19.6. The standard InChI is InChI=1S/C20H19ClN4O3S/c1-13-3-5-15(8-16(13)21)25-11-22-23-20(25)29-10-19(26)24(2)9-14-4-6-17-18(7-14)28-12-27-17/h3-8,11H,9-10,12H2,1-2H3. The van der Waals surface area contributed by atoms with Gasteiger partial charge in [0.1, 0.15) is 6.33 Å². The molecule has 3 aromatic rings. The third-order valence-electron chi connectivity index (χ3n) is 4.56. The maximum atomic E-state index is 12.6. The molecule has 0 N–H and O–H groups in total. The maximum absolute atomic E-state index is 12.6. The summed E-state index contributed by atoms with van der Waals surface area (Å²) >= 11 is 7.56. The van der Waals surface area contributed by atoms with Gasteiger partial charge in [-0.25, -0.2) is 0 Å². The minimum Gasteiger partial charge on any atom is -0.454 e. The zero-order valence-corrected chi connectivity index (χ0v) is 17.5. The van der Waals surface area contributed by atoms with Crippen LogP contribution in [0.2, 0.25) is 5.02 Å². The van der Waals surface area contributed by atoms with Gasteiger partial charge in [0.2, 0.25) is 12.7 Å². The highest BCUT2D eigenvalue weighted by Crippen LogP contribution is 2.32. The number of aromatic nitrogens is 3. The second-order valence-electron chi connectivity index (χ2n) is 6.64. The molecule has 2 aromatic carbocycles. The van der Waals surface area contributed by atoms with Crippen LogP contribution in [-0.2, 0) is 11.3 Å². The fourth-order valence-corrected chi connectivity index (χ4v) is 3.91. The maximum Gasteiger partial charge on any atom is 0.233 e. The van der Waals surface area contributed by atoms with Gasteiger partial charge in [0.15, 0.2) is 16.7 Å². The Morgan fingerprint density at radius 1 is 1.24 bits per heavy atom. The first-order chi connectivity index (χ1) is 14.0. The van der Waals surface area contributed by atoms with E-state index in [9.17, 15) is 4.79 Å². The van der Waals surface area contributed by atoms with Crippen molar-refractivity contribution in [3.8, 4) is 17.2 Å². The van der Waals surface area contributed by atoms with Crippen molar-refractivity contribution >= 4 is 29.3 Å². The highest BCUT2D eigenvalue weighted by atomic mass is 35.5. The van der Waals surface area contributed by atoms with E-state index in [1.54, 1.807) is 18.3 Å². The summed E-state index contributed by atoms with van der Waals surface area (Å²) in [4.78, 5) is 14.3. The molecular weight excluding hydrogens is 412 g/mol. The number of hydrogen-bond acceptors (Lipinski definition) is 6. The van der Waals surface area contributed by atoms with E-state index in [0.717, 1.165) is 22.6 Å². The summed E-state index contributed by atoms with van der Waals surface area (Å²) in [6, 6.07) is 11.4. The van der Waals surface area contributed by atoms with Crippen LogP contribution < -0.4 is 9.47 Å². The number of rotatable bonds is 6. The van der Waals surface area contributed by atoms with Crippen LogP contribution in [-0.4, -0.2) is 45.2 Å². The number of carbonyl (C=O) groups is 1. The van der Waals surface area contributed by atoms with Gasteiger partial charge in [-0.05, 0) is 42.3 Å². The molecule has 0 fully saturated rings. The molecular formula is C20H19ClN4O3S. The van der Waals surface area contributed by atoms with E-state index in [2.05, 4.69) is 10.2 Å². The number of hydrogen-bond donors (Lipinski definition) is 0. The Bertz CT molecular complexity index is 1060. The molecule has 0 unspecified atom stereocenters. The second kappa shape index (κ2) is 8.34. The Kier molecular flexibility index (Phi) is 5.64. The summed E-state index contributed by atoms with van der Waals surface area (Å²) in [6.45, 7) is 2.66. The van der Waals surface area contributed by atoms with Crippen LogP contribution in [0.4, 0.5) is 0 Å². The van der Waals surface area contributed by atoms with Gasteiger partial charge in [-0.2, -0.15) is 0 Å². The molecule has 0 saturated carbocycles. The van der Waals surface area contributed by atoms with Crippen LogP contribution in [0.3, 0.4) is 0 Å². The molecule has 7 nitrogen and oxygen atoms in total. The quantitative estimate of drug-likeness (QED) is 0.555. The molecule has 150 valence electrons.